The maximum absolute atomic E-state index is 7.10. The molecular weight excluding hydrogens is 128 g/mol. The van der Waals surface area contributed by atoms with Crippen LogP contribution in [-0.2, 0) is 4.74 Å². The minimum absolute atomic E-state index is 0.302. The normalized spacial score (nSPS) is 31.3. The minimum Gasteiger partial charge on any atom is -0.387 e. The van der Waals surface area contributed by atoms with Gasteiger partial charge in [0.1, 0.15) is 0 Å². The van der Waals surface area contributed by atoms with Gasteiger partial charge in [-0.2, -0.15) is 0 Å². The van der Waals surface area contributed by atoms with Crippen LogP contribution in [0.25, 0.3) is 0 Å². The predicted molar refractivity (Wildman–Crippen MR) is 40.1 cm³/mol. The standard InChI is InChI=1S/C7H14N2O/c1-2-10-6-3-5(4-6)7(8)9/h5-6H,2-4H2,1H3,(H3,8,9). The number of nitrogens with one attached hydrogen (secondary N) is 1. The molecule has 0 aromatic rings. The van der Waals surface area contributed by atoms with Gasteiger partial charge in [0.05, 0.1) is 11.9 Å². The molecule has 1 saturated carbocycles. The van der Waals surface area contributed by atoms with Crippen LogP contribution >= 0.6 is 0 Å². The Hall–Kier alpha value is -0.570. The molecular formula is C7H14N2O. The molecule has 3 heteroatoms. The van der Waals surface area contributed by atoms with Crippen LogP contribution in [0.1, 0.15) is 19.8 Å². The number of nitrogens with two attached hydrogens (primary N) is 1. The van der Waals surface area contributed by atoms with Crippen molar-refractivity contribution < 1.29 is 4.74 Å². The van der Waals surface area contributed by atoms with Crippen molar-refractivity contribution in [2.75, 3.05) is 6.61 Å². The van der Waals surface area contributed by atoms with Gasteiger partial charge in [-0.05, 0) is 19.8 Å². The summed E-state index contributed by atoms with van der Waals surface area (Å²) in [7, 11) is 0. The lowest BCUT2D eigenvalue weighted by molar-refractivity contribution is -0.00694. The molecule has 0 aromatic carbocycles. The van der Waals surface area contributed by atoms with E-state index in [-0.39, 0.29) is 0 Å². The number of ether oxygens (including phenoxy) is 1. The maximum Gasteiger partial charge on any atom is 0.0938 e. The Bertz CT molecular complexity index is 130. The highest BCUT2D eigenvalue weighted by molar-refractivity contribution is 5.80. The number of amidine groups is 1. The second kappa shape index (κ2) is 3.01. The molecule has 10 heavy (non-hydrogen) atoms. The Morgan fingerprint density at radius 2 is 2.30 bits per heavy atom. The van der Waals surface area contributed by atoms with Gasteiger partial charge in [0, 0.05) is 12.5 Å². The van der Waals surface area contributed by atoms with Gasteiger partial charge in [0.2, 0.25) is 0 Å². The summed E-state index contributed by atoms with van der Waals surface area (Å²) in [6, 6.07) is 0. The molecule has 0 saturated heterocycles. The molecule has 1 fully saturated rings. The van der Waals surface area contributed by atoms with E-state index in [1.54, 1.807) is 0 Å². The van der Waals surface area contributed by atoms with Crippen LogP contribution in [0.4, 0.5) is 0 Å². The topological polar surface area (TPSA) is 59.1 Å². The molecule has 0 amide bonds. The van der Waals surface area contributed by atoms with Gasteiger partial charge < -0.3 is 10.5 Å². The zero-order chi connectivity index (χ0) is 7.56. The van der Waals surface area contributed by atoms with Gasteiger partial charge >= 0.3 is 0 Å². The molecule has 0 atom stereocenters. The van der Waals surface area contributed by atoms with E-state index in [0.717, 1.165) is 19.4 Å². The van der Waals surface area contributed by atoms with Crippen LogP contribution < -0.4 is 5.73 Å². The molecule has 1 rings (SSSR count). The zero-order valence-corrected chi connectivity index (χ0v) is 6.26. The molecule has 1 aliphatic carbocycles. The average Bonchev–Trinajstić information content (AvgIpc) is 1.76. The second-order valence-corrected chi connectivity index (χ2v) is 2.70. The van der Waals surface area contributed by atoms with Crippen molar-refractivity contribution in [3.8, 4) is 0 Å². The molecule has 0 radical (unpaired) electrons. The first kappa shape index (κ1) is 7.54. The molecule has 0 aromatic heterocycles. The summed E-state index contributed by atoms with van der Waals surface area (Å²) in [6.07, 6.45) is 2.27. The molecule has 3 N–H and O–H groups in total. The summed E-state index contributed by atoms with van der Waals surface area (Å²) in [5, 5.41) is 7.10. The Morgan fingerprint density at radius 3 is 2.70 bits per heavy atom. The van der Waals surface area contributed by atoms with Crippen molar-refractivity contribution in [3.05, 3.63) is 0 Å². The van der Waals surface area contributed by atoms with Crippen molar-refractivity contribution in [3.63, 3.8) is 0 Å². The van der Waals surface area contributed by atoms with Gasteiger partial charge in [-0.25, -0.2) is 0 Å². The fourth-order valence-corrected chi connectivity index (χ4v) is 1.19. The minimum atomic E-state index is 0.302. The van der Waals surface area contributed by atoms with Gasteiger partial charge in [0.15, 0.2) is 0 Å². The third-order valence-electron chi connectivity index (χ3n) is 1.94. The Morgan fingerprint density at radius 1 is 1.70 bits per heavy atom. The summed E-state index contributed by atoms with van der Waals surface area (Å²) in [5.41, 5.74) is 5.28. The molecule has 3 nitrogen and oxygen atoms in total. The van der Waals surface area contributed by atoms with Gasteiger partial charge in [0.25, 0.3) is 0 Å². The highest BCUT2D eigenvalue weighted by Gasteiger charge is 2.31. The molecule has 0 aliphatic heterocycles. The van der Waals surface area contributed by atoms with Gasteiger partial charge in [-0.15, -0.1) is 0 Å². The highest BCUT2D eigenvalue weighted by atomic mass is 16.5. The summed E-state index contributed by atoms with van der Waals surface area (Å²) in [6.45, 7) is 2.76. The lowest BCUT2D eigenvalue weighted by atomic mass is 9.81. The molecule has 0 bridgehead atoms. The lowest BCUT2D eigenvalue weighted by Gasteiger charge is -2.33. The van der Waals surface area contributed by atoms with Crippen molar-refractivity contribution in [1.29, 1.82) is 5.41 Å². The SMILES string of the molecule is CCOC1CC(C(=N)N)C1. The van der Waals surface area contributed by atoms with Crippen molar-refractivity contribution in [1.82, 2.24) is 0 Å². The van der Waals surface area contributed by atoms with E-state index in [1.807, 2.05) is 6.92 Å². The largest absolute Gasteiger partial charge is 0.387 e. The van der Waals surface area contributed by atoms with Crippen LogP contribution in [0.15, 0.2) is 0 Å². The van der Waals surface area contributed by atoms with Crippen molar-refractivity contribution in [2.24, 2.45) is 11.7 Å². The van der Waals surface area contributed by atoms with E-state index in [2.05, 4.69) is 0 Å². The third kappa shape index (κ3) is 1.48. The van der Waals surface area contributed by atoms with Crippen LogP contribution in [0.5, 0.6) is 0 Å². The first-order valence-electron chi connectivity index (χ1n) is 3.69. The van der Waals surface area contributed by atoms with Crippen LogP contribution in [0, 0.1) is 11.3 Å². The zero-order valence-electron chi connectivity index (χ0n) is 6.26. The fraction of sp³-hybridized carbons (Fsp3) is 0.857. The second-order valence-electron chi connectivity index (χ2n) is 2.70. The van der Waals surface area contributed by atoms with E-state index in [0.29, 0.717) is 17.9 Å². The van der Waals surface area contributed by atoms with Crippen LogP contribution in [0.2, 0.25) is 0 Å². The first-order valence-corrected chi connectivity index (χ1v) is 3.69. The Labute approximate surface area is 61.1 Å². The molecule has 58 valence electrons. The smallest absolute Gasteiger partial charge is 0.0938 e. The third-order valence-corrected chi connectivity index (χ3v) is 1.94. The van der Waals surface area contributed by atoms with Crippen LogP contribution in [-0.4, -0.2) is 18.5 Å². The van der Waals surface area contributed by atoms with E-state index in [4.69, 9.17) is 15.9 Å². The number of hydrogen-bond donors (Lipinski definition) is 2. The van der Waals surface area contributed by atoms with E-state index in [9.17, 15) is 0 Å². The molecule has 0 unspecified atom stereocenters. The summed E-state index contributed by atoms with van der Waals surface area (Å²) in [4.78, 5) is 0. The summed E-state index contributed by atoms with van der Waals surface area (Å²) < 4.78 is 5.31. The molecule has 0 heterocycles. The quantitative estimate of drug-likeness (QED) is 0.451. The van der Waals surface area contributed by atoms with Gasteiger partial charge in [-0.1, -0.05) is 0 Å². The van der Waals surface area contributed by atoms with E-state index in [1.165, 1.54) is 0 Å². The first-order chi connectivity index (χ1) is 4.74. The van der Waals surface area contributed by atoms with Crippen molar-refractivity contribution >= 4 is 5.84 Å². The highest BCUT2D eigenvalue weighted by Crippen LogP contribution is 2.29. The predicted octanol–water partition coefficient (Wildman–Crippen LogP) is 0.737. The number of hydrogen-bond acceptors (Lipinski definition) is 2. The fourth-order valence-electron chi connectivity index (χ4n) is 1.19. The monoisotopic (exact) mass is 142 g/mol. The summed E-state index contributed by atoms with van der Waals surface area (Å²) in [5.74, 6) is 0.618. The van der Waals surface area contributed by atoms with E-state index < -0.39 is 0 Å². The van der Waals surface area contributed by atoms with Crippen LogP contribution in [0.3, 0.4) is 0 Å². The van der Waals surface area contributed by atoms with E-state index >= 15 is 0 Å². The number of rotatable bonds is 3. The summed E-state index contributed by atoms with van der Waals surface area (Å²) >= 11 is 0. The molecule has 0 spiro atoms. The van der Waals surface area contributed by atoms with Crippen molar-refractivity contribution in [2.45, 2.75) is 25.9 Å². The Kier molecular flexibility index (Phi) is 2.27. The maximum atomic E-state index is 7.10. The lowest BCUT2D eigenvalue weighted by Crippen LogP contribution is -2.39. The Balaban J connectivity index is 2.12. The molecule has 1 aliphatic rings. The average molecular weight is 142 g/mol. The van der Waals surface area contributed by atoms with Gasteiger partial charge in [-0.3, -0.25) is 5.41 Å².